The molecular formula is C28H32N4O9S. The quantitative estimate of drug-likeness (QED) is 0.0927. The molecule has 2 aliphatic carbocycles. The lowest BCUT2D eigenvalue weighted by molar-refractivity contribution is -0.245. The van der Waals surface area contributed by atoms with Gasteiger partial charge in [-0.05, 0) is 32.1 Å². The number of carbonyl (C=O) groups is 2. The second-order valence-electron chi connectivity index (χ2n) is 10.8. The van der Waals surface area contributed by atoms with Crippen molar-refractivity contribution < 1.29 is 44.2 Å². The second kappa shape index (κ2) is 10.9. The molecule has 0 aromatic heterocycles. The highest BCUT2D eigenvalue weighted by molar-refractivity contribution is 7.80. The summed E-state index contributed by atoms with van der Waals surface area (Å²) in [4.78, 5) is 27.4. The van der Waals surface area contributed by atoms with Crippen LogP contribution in [0.4, 0.5) is 0 Å². The van der Waals surface area contributed by atoms with Gasteiger partial charge in [-0.25, -0.2) is 0 Å². The smallest absolute Gasteiger partial charge is 0.202 e. The number of nitrogens with two attached hydrogens (primary N) is 2. The molecule has 0 bridgehead atoms. The molecule has 2 aromatic rings. The van der Waals surface area contributed by atoms with Crippen molar-refractivity contribution in [2.45, 2.75) is 69.4 Å². The Bertz CT molecular complexity index is 1520. The number of hydrogen-bond acceptors (Lipinski definition) is 12. The average Bonchev–Trinajstić information content (AvgIpc) is 2.94. The minimum absolute atomic E-state index is 0.00137. The monoisotopic (exact) mass is 600 g/mol. The third-order valence-corrected chi connectivity index (χ3v) is 8.24. The third kappa shape index (κ3) is 4.79. The molecule has 224 valence electrons. The molecule has 42 heavy (non-hydrogen) atoms. The van der Waals surface area contributed by atoms with Gasteiger partial charge in [-0.3, -0.25) is 15.0 Å². The number of ether oxygens (including phenoxy) is 3. The molecule has 0 radical (unpaired) electrons. The fourth-order valence-electron chi connectivity index (χ4n) is 5.91. The molecule has 1 heterocycles. The number of rotatable bonds is 5. The van der Waals surface area contributed by atoms with Crippen LogP contribution in [0, 0.1) is 0 Å². The zero-order chi connectivity index (χ0) is 30.7. The van der Waals surface area contributed by atoms with E-state index in [1.807, 2.05) is 0 Å². The van der Waals surface area contributed by atoms with E-state index < -0.39 is 70.4 Å². The number of methoxy groups -OCH3 is 1. The van der Waals surface area contributed by atoms with Crippen molar-refractivity contribution in [1.82, 2.24) is 5.43 Å². The average molecular weight is 601 g/mol. The van der Waals surface area contributed by atoms with Crippen molar-refractivity contribution in [1.29, 1.82) is 0 Å². The molecule has 1 aliphatic heterocycles. The Balaban J connectivity index is 1.68. The summed E-state index contributed by atoms with van der Waals surface area (Å²) < 4.78 is 17.3. The van der Waals surface area contributed by atoms with E-state index in [0.29, 0.717) is 0 Å². The summed E-state index contributed by atoms with van der Waals surface area (Å²) in [5.41, 5.74) is 11.5. The number of fused-ring (bicyclic) bond motifs is 3. The van der Waals surface area contributed by atoms with E-state index >= 15 is 0 Å². The van der Waals surface area contributed by atoms with Gasteiger partial charge in [0.05, 0.1) is 47.8 Å². The van der Waals surface area contributed by atoms with E-state index in [0.717, 1.165) is 0 Å². The molecule has 3 aliphatic rings. The Kier molecular flexibility index (Phi) is 7.72. The lowest BCUT2D eigenvalue weighted by Crippen LogP contribution is -2.52. The number of phenols is 2. The summed E-state index contributed by atoms with van der Waals surface area (Å²) in [5.74, 6) is -2.46. The summed E-state index contributed by atoms with van der Waals surface area (Å²) in [7, 11) is 1.35. The maximum Gasteiger partial charge on any atom is 0.202 e. The minimum atomic E-state index is -1.79. The number of hydrazone groups is 1. The molecule has 1 saturated heterocycles. The fourth-order valence-corrected chi connectivity index (χ4v) is 5.95. The molecule has 13 nitrogen and oxygen atoms in total. The highest BCUT2D eigenvalue weighted by Gasteiger charge is 2.49. The van der Waals surface area contributed by atoms with Gasteiger partial charge in [0.25, 0.3) is 0 Å². The van der Waals surface area contributed by atoms with Crippen LogP contribution in [0.15, 0.2) is 23.3 Å². The van der Waals surface area contributed by atoms with Crippen molar-refractivity contribution in [2.75, 3.05) is 7.11 Å². The van der Waals surface area contributed by atoms with Crippen molar-refractivity contribution in [3.63, 3.8) is 0 Å². The van der Waals surface area contributed by atoms with E-state index in [4.69, 9.17) is 37.9 Å². The van der Waals surface area contributed by atoms with Gasteiger partial charge in [0.15, 0.2) is 17.2 Å². The maximum atomic E-state index is 13.8. The first-order valence-electron chi connectivity index (χ1n) is 13.2. The van der Waals surface area contributed by atoms with Gasteiger partial charge >= 0.3 is 0 Å². The van der Waals surface area contributed by atoms with Crippen molar-refractivity contribution in [2.24, 2.45) is 16.6 Å². The van der Waals surface area contributed by atoms with Crippen LogP contribution in [-0.2, 0) is 15.9 Å². The number of phenolic OH excluding ortho intramolecular Hbond substituents is 2. The summed E-state index contributed by atoms with van der Waals surface area (Å²) in [5, 5.41) is 49.2. The molecule has 14 heteroatoms. The van der Waals surface area contributed by atoms with Crippen LogP contribution in [0.1, 0.15) is 75.8 Å². The van der Waals surface area contributed by atoms with Crippen LogP contribution in [0.25, 0.3) is 0 Å². The number of aliphatic hydroxyl groups excluding tert-OH is 1. The molecule has 0 unspecified atom stereocenters. The van der Waals surface area contributed by atoms with Gasteiger partial charge in [0.1, 0.15) is 22.8 Å². The number of ketones is 2. The maximum absolute atomic E-state index is 13.8. The highest BCUT2D eigenvalue weighted by atomic mass is 32.1. The Labute approximate surface area is 246 Å². The molecular weight excluding hydrogens is 568 g/mol. The molecule has 9 N–H and O–H groups in total. The van der Waals surface area contributed by atoms with Crippen LogP contribution in [0.3, 0.4) is 0 Å². The Hall–Kier alpha value is -3.66. The van der Waals surface area contributed by atoms with Gasteiger partial charge in [0.2, 0.25) is 5.78 Å². The Morgan fingerprint density at radius 3 is 2.52 bits per heavy atom. The first-order chi connectivity index (χ1) is 19.8. The fraction of sp³-hybridized carbons (Fsp3) is 0.429. The van der Waals surface area contributed by atoms with E-state index in [1.54, 1.807) is 6.92 Å². The Morgan fingerprint density at radius 2 is 1.88 bits per heavy atom. The molecule has 0 amide bonds. The molecule has 2 aromatic carbocycles. The zero-order valence-electron chi connectivity index (χ0n) is 23.1. The van der Waals surface area contributed by atoms with Gasteiger partial charge in [0, 0.05) is 42.0 Å². The summed E-state index contributed by atoms with van der Waals surface area (Å²) >= 11 is 4.81. The minimum Gasteiger partial charge on any atom is -0.507 e. The second-order valence-corrected chi connectivity index (χ2v) is 11.2. The van der Waals surface area contributed by atoms with Crippen LogP contribution in [-0.4, -0.2) is 80.1 Å². The number of aromatic hydroxyl groups is 2. The Morgan fingerprint density at radius 1 is 1.19 bits per heavy atom. The molecule has 6 atom stereocenters. The number of hydrogen-bond donors (Lipinski definition) is 7. The third-order valence-electron chi connectivity index (χ3n) is 8.15. The van der Waals surface area contributed by atoms with E-state index in [2.05, 4.69) is 10.5 Å². The van der Waals surface area contributed by atoms with E-state index in [1.165, 1.54) is 32.2 Å². The zero-order valence-corrected chi connectivity index (χ0v) is 23.9. The first kappa shape index (κ1) is 29.8. The van der Waals surface area contributed by atoms with Crippen LogP contribution >= 0.6 is 12.2 Å². The number of aliphatic hydroxyl groups is 2. The lowest BCUT2D eigenvalue weighted by atomic mass is 9.72. The van der Waals surface area contributed by atoms with Gasteiger partial charge < -0.3 is 46.1 Å². The number of thiocarbonyl (C=S) groups is 1. The highest BCUT2D eigenvalue weighted by Crippen LogP contribution is 2.52. The predicted octanol–water partition coefficient (Wildman–Crippen LogP) is 0.649. The predicted molar refractivity (Wildman–Crippen MR) is 153 cm³/mol. The number of nitrogens with one attached hydrogen (secondary N) is 1. The largest absolute Gasteiger partial charge is 0.507 e. The van der Waals surface area contributed by atoms with Crippen molar-refractivity contribution in [3.05, 3.63) is 51.6 Å². The van der Waals surface area contributed by atoms with E-state index in [-0.39, 0.29) is 58.1 Å². The lowest BCUT2D eigenvalue weighted by Gasteiger charge is -2.42. The number of benzene rings is 2. The van der Waals surface area contributed by atoms with E-state index in [9.17, 15) is 30.0 Å². The number of nitrogens with zero attached hydrogens (tertiary/aromatic N) is 1. The summed E-state index contributed by atoms with van der Waals surface area (Å²) in [6.07, 6.45) is -4.25. The summed E-state index contributed by atoms with van der Waals surface area (Å²) in [6, 6.07) is 3.79. The van der Waals surface area contributed by atoms with Crippen LogP contribution in [0.5, 0.6) is 17.2 Å². The molecule has 0 spiro atoms. The normalized spacial score (nSPS) is 28.9. The SMILES string of the molecule is COc1cccc2c1C(=O)c1c(O)c3c(c(O)c1C2=O)C[C@@](O)(/C(C)=N/NC(N)=S)C[C@H]3O[C@@H]1C[C@H](N)[C@H](O)[C@H](C)O1. The van der Waals surface area contributed by atoms with Crippen molar-refractivity contribution in [3.8, 4) is 17.2 Å². The molecule has 1 fully saturated rings. The van der Waals surface area contributed by atoms with Crippen LogP contribution in [0.2, 0.25) is 0 Å². The first-order valence-corrected chi connectivity index (χ1v) is 13.6. The van der Waals surface area contributed by atoms with Gasteiger partial charge in [-0.15, -0.1) is 0 Å². The van der Waals surface area contributed by atoms with Crippen molar-refractivity contribution >= 4 is 34.6 Å². The van der Waals surface area contributed by atoms with Gasteiger partial charge in [-0.2, -0.15) is 5.10 Å². The van der Waals surface area contributed by atoms with Gasteiger partial charge in [-0.1, -0.05) is 12.1 Å². The molecule has 5 rings (SSSR count). The van der Waals surface area contributed by atoms with Crippen LogP contribution < -0.4 is 21.6 Å². The number of carbonyl (C=O) groups excluding carboxylic acids is 2. The standard InChI is InChI=1S/C28H32N4O9S/c1-10-22(33)14(29)7-17(40-10)41-16-9-28(38,11(2)31-32-27(30)42)8-13-19(16)26(37)21-20(24(13)35)23(34)12-5-4-6-15(39-3)18(12)25(21)36/h4-6,10,14,16-17,22,33,35,37-38H,7-9,29H2,1-3H3,(H3,30,32,42)/b31-11+/t10-,14-,16+,17+,22+,28-/m0/s1. The molecule has 0 saturated carbocycles. The topological polar surface area (TPSA) is 219 Å². The summed E-state index contributed by atoms with van der Waals surface area (Å²) in [6.45, 7) is 3.13.